The third-order valence-electron chi connectivity index (χ3n) is 3.54. The number of rotatable bonds is 9. The van der Waals surface area contributed by atoms with Crippen LogP contribution in [0.5, 0.6) is 11.5 Å². The zero-order chi connectivity index (χ0) is 18.4. The molecule has 0 unspecified atom stereocenters. The number of amides is 1. The molecule has 0 fully saturated rings. The van der Waals surface area contributed by atoms with Crippen molar-refractivity contribution in [1.29, 1.82) is 0 Å². The fourth-order valence-electron chi connectivity index (χ4n) is 2.18. The van der Waals surface area contributed by atoms with Crippen LogP contribution >= 0.6 is 23.1 Å². The fraction of sp³-hybridized carbons (Fsp3) is 0.438. The molecular weight excluding hydrogens is 376 g/mol. The summed E-state index contributed by atoms with van der Waals surface area (Å²) in [4.78, 5) is 12.3. The Hall–Kier alpha value is -2.04. The minimum Gasteiger partial charge on any atom is -0.454 e. The highest BCUT2D eigenvalue weighted by molar-refractivity contribution is 8.02. The van der Waals surface area contributed by atoms with Crippen LogP contribution in [-0.2, 0) is 16.1 Å². The highest BCUT2D eigenvalue weighted by atomic mass is 32.2. The van der Waals surface area contributed by atoms with Gasteiger partial charge in [-0.2, -0.15) is 0 Å². The summed E-state index contributed by atoms with van der Waals surface area (Å²) in [5.41, 5.74) is 0.959. The Morgan fingerprint density at radius 2 is 2.23 bits per heavy atom. The summed E-state index contributed by atoms with van der Waals surface area (Å²) < 4.78 is 16.3. The van der Waals surface area contributed by atoms with E-state index in [9.17, 15) is 4.79 Å². The number of carbonyl (C=O) groups excluding carboxylic acids is 1. The first-order valence-corrected chi connectivity index (χ1v) is 9.74. The van der Waals surface area contributed by atoms with Crippen LogP contribution in [0.25, 0.3) is 0 Å². The lowest BCUT2D eigenvalue weighted by atomic mass is 10.2. The minimum atomic E-state index is -0.274. The number of nitrogens with zero attached hydrogens (tertiary/aromatic N) is 2. The maximum Gasteiger partial charge on any atom is 0.233 e. The van der Waals surface area contributed by atoms with Gasteiger partial charge in [0.05, 0.1) is 11.9 Å². The Balaban J connectivity index is 1.45. The van der Waals surface area contributed by atoms with Crippen LogP contribution in [0.2, 0.25) is 0 Å². The number of ether oxygens (including phenoxy) is 3. The molecule has 1 aromatic heterocycles. The topological polar surface area (TPSA) is 94.6 Å². The molecule has 0 radical (unpaired) electrons. The van der Waals surface area contributed by atoms with Crippen molar-refractivity contribution in [2.45, 2.75) is 23.1 Å². The lowest BCUT2D eigenvalue weighted by Crippen LogP contribution is -2.30. The zero-order valence-electron chi connectivity index (χ0n) is 14.5. The van der Waals surface area contributed by atoms with Gasteiger partial charge in [-0.3, -0.25) is 4.79 Å². The van der Waals surface area contributed by atoms with Crippen LogP contribution < -0.4 is 20.1 Å². The SMILES string of the molecule is COCCNc1nnc(S[C@@H](C)C(=O)NCc2ccc3c(c2)OCO3)s1. The number of carbonyl (C=O) groups is 1. The Bertz CT molecular complexity index is 756. The van der Waals surface area contributed by atoms with Crippen molar-refractivity contribution in [1.82, 2.24) is 15.5 Å². The number of hydrogen-bond donors (Lipinski definition) is 2. The van der Waals surface area contributed by atoms with Crippen molar-refractivity contribution < 1.29 is 19.0 Å². The molecule has 1 aliphatic rings. The van der Waals surface area contributed by atoms with Crippen molar-refractivity contribution in [3.8, 4) is 11.5 Å². The van der Waals surface area contributed by atoms with Gasteiger partial charge in [-0.15, -0.1) is 10.2 Å². The van der Waals surface area contributed by atoms with Gasteiger partial charge in [0, 0.05) is 20.2 Å². The number of aromatic nitrogens is 2. The van der Waals surface area contributed by atoms with E-state index in [1.165, 1.54) is 23.1 Å². The highest BCUT2D eigenvalue weighted by Gasteiger charge is 2.18. The second kappa shape index (κ2) is 9.06. The maximum atomic E-state index is 12.3. The van der Waals surface area contributed by atoms with Crippen LogP contribution in [0, 0.1) is 0 Å². The smallest absolute Gasteiger partial charge is 0.233 e. The number of anilines is 1. The second-order valence-electron chi connectivity index (χ2n) is 5.46. The molecule has 0 spiro atoms. The van der Waals surface area contributed by atoms with E-state index in [1.807, 2.05) is 25.1 Å². The quantitative estimate of drug-likeness (QED) is 0.492. The fourth-order valence-corrected chi connectivity index (χ4v) is 4.12. The van der Waals surface area contributed by atoms with Crippen LogP contribution in [0.1, 0.15) is 12.5 Å². The first-order chi connectivity index (χ1) is 12.7. The Labute approximate surface area is 159 Å². The van der Waals surface area contributed by atoms with Gasteiger partial charge in [0.2, 0.25) is 17.8 Å². The predicted molar refractivity (Wildman–Crippen MR) is 100 cm³/mol. The third-order valence-corrected chi connectivity index (χ3v) is 5.60. The summed E-state index contributed by atoms with van der Waals surface area (Å²) in [6, 6.07) is 5.64. The molecule has 1 amide bonds. The molecule has 2 aromatic rings. The molecule has 26 heavy (non-hydrogen) atoms. The average molecular weight is 396 g/mol. The van der Waals surface area contributed by atoms with Crippen LogP contribution in [0.4, 0.5) is 5.13 Å². The molecule has 1 aromatic carbocycles. The van der Waals surface area contributed by atoms with E-state index < -0.39 is 0 Å². The van der Waals surface area contributed by atoms with E-state index in [0.717, 1.165) is 20.8 Å². The summed E-state index contributed by atoms with van der Waals surface area (Å²) >= 11 is 2.80. The standard InChI is InChI=1S/C16H20N4O4S2/c1-10(25-16-20-19-15(26-16)17-5-6-22-2)14(21)18-8-11-3-4-12-13(7-11)24-9-23-12/h3-4,7,10H,5-6,8-9H2,1-2H3,(H,17,19)(H,18,21)/t10-/m0/s1. The van der Waals surface area contributed by atoms with Gasteiger partial charge in [-0.25, -0.2) is 0 Å². The van der Waals surface area contributed by atoms with Crippen molar-refractivity contribution in [3.63, 3.8) is 0 Å². The number of fused-ring (bicyclic) bond motifs is 1. The van der Waals surface area contributed by atoms with E-state index in [2.05, 4.69) is 20.8 Å². The molecule has 1 atom stereocenters. The zero-order valence-corrected chi connectivity index (χ0v) is 16.1. The van der Waals surface area contributed by atoms with Crippen molar-refractivity contribution >= 4 is 34.1 Å². The molecule has 0 saturated heterocycles. The van der Waals surface area contributed by atoms with E-state index in [4.69, 9.17) is 14.2 Å². The van der Waals surface area contributed by atoms with Crippen molar-refractivity contribution in [3.05, 3.63) is 23.8 Å². The Kier molecular flexibility index (Phi) is 6.53. The van der Waals surface area contributed by atoms with Gasteiger partial charge < -0.3 is 24.8 Å². The van der Waals surface area contributed by atoms with Crippen LogP contribution in [-0.4, -0.2) is 48.4 Å². The molecular formula is C16H20N4O4S2. The molecule has 140 valence electrons. The number of hydrogen-bond acceptors (Lipinski definition) is 9. The van der Waals surface area contributed by atoms with Gasteiger partial charge in [-0.05, 0) is 24.6 Å². The van der Waals surface area contributed by atoms with Gasteiger partial charge in [-0.1, -0.05) is 29.2 Å². The van der Waals surface area contributed by atoms with E-state index in [0.29, 0.717) is 25.4 Å². The van der Waals surface area contributed by atoms with Gasteiger partial charge in [0.1, 0.15) is 0 Å². The second-order valence-corrected chi connectivity index (χ2v) is 8.02. The number of benzene rings is 1. The monoisotopic (exact) mass is 396 g/mol. The van der Waals surface area contributed by atoms with Gasteiger partial charge in [0.15, 0.2) is 15.8 Å². The molecule has 8 nitrogen and oxygen atoms in total. The molecule has 3 rings (SSSR count). The summed E-state index contributed by atoms with van der Waals surface area (Å²) in [5.74, 6) is 1.38. The van der Waals surface area contributed by atoms with Gasteiger partial charge in [0.25, 0.3) is 0 Å². The van der Waals surface area contributed by atoms with E-state index in [1.54, 1.807) is 7.11 Å². The van der Waals surface area contributed by atoms with E-state index in [-0.39, 0.29) is 18.0 Å². The predicted octanol–water partition coefficient (Wildman–Crippen LogP) is 2.12. The lowest BCUT2D eigenvalue weighted by molar-refractivity contribution is -0.120. The summed E-state index contributed by atoms with van der Waals surface area (Å²) in [5, 5.41) is 14.6. The summed E-state index contributed by atoms with van der Waals surface area (Å²) in [7, 11) is 1.65. The summed E-state index contributed by atoms with van der Waals surface area (Å²) in [6.45, 7) is 3.78. The molecule has 2 heterocycles. The van der Waals surface area contributed by atoms with Crippen molar-refractivity contribution in [2.24, 2.45) is 0 Å². The van der Waals surface area contributed by atoms with Crippen LogP contribution in [0.3, 0.4) is 0 Å². The Morgan fingerprint density at radius 3 is 3.08 bits per heavy atom. The molecule has 1 aliphatic heterocycles. The normalized spacial score (nSPS) is 13.5. The largest absolute Gasteiger partial charge is 0.454 e. The first-order valence-electron chi connectivity index (χ1n) is 8.05. The molecule has 2 N–H and O–H groups in total. The maximum absolute atomic E-state index is 12.3. The van der Waals surface area contributed by atoms with Crippen LogP contribution in [0.15, 0.2) is 22.5 Å². The number of thioether (sulfide) groups is 1. The Morgan fingerprint density at radius 1 is 1.38 bits per heavy atom. The van der Waals surface area contributed by atoms with Crippen molar-refractivity contribution in [2.75, 3.05) is 32.4 Å². The number of methoxy groups -OCH3 is 1. The third kappa shape index (κ3) is 4.99. The molecule has 0 aliphatic carbocycles. The minimum absolute atomic E-state index is 0.0586. The first kappa shape index (κ1) is 18.7. The average Bonchev–Trinajstić information content (AvgIpc) is 3.28. The molecule has 10 heteroatoms. The molecule has 0 saturated carbocycles. The van der Waals surface area contributed by atoms with E-state index >= 15 is 0 Å². The highest BCUT2D eigenvalue weighted by Crippen LogP contribution is 2.32. The lowest BCUT2D eigenvalue weighted by Gasteiger charge is -2.10. The summed E-state index contributed by atoms with van der Waals surface area (Å²) in [6.07, 6.45) is 0. The number of nitrogens with one attached hydrogen (secondary N) is 2. The molecule has 0 bridgehead atoms. The van der Waals surface area contributed by atoms with Gasteiger partial charge >= 0.3 is 0 Å².